The van der Waals surface area contributed by atoms with Crippen LogP contribution >= 0.6 is 11.3 Å². The van der Waals surface area contributed by atoms with Crippen LogP contribution in [0.15, 0.2) is 0 Å². The topological polar surface area (TPSA) is 82.3 Å². The predicted molar refractivity (Wildman–Crippen MR) is 68.8 cm³/mol. The molecule has 2 N–H and O–H groups in total. The van der Waals surface area contributed by atoms with Crippen molar-refractivity contribution in [2.24, 2.45) is 5.14 Å². The molecule has 0 saturated heterocycles. The standard InChI is InChI=1S/C10H18N2O3S2/c1-6-7(2)16-10(12-6)9(5-15-4)8(3)17(11,13)14/h8-9H,5H2,1-4H3,(H2,11,13,14)/t8-,9-/m1/s1. The van der Waals surface area contributed by atoms with Gasteiger partial charge in [-0.1, -0.05) is 0 Å². The van der Waals surface area contributed by atoms with Gasteiger partial charge in [-0.05, 0) is 20.8 Å². The zero-order chi connectivity index (χ0) is 13.2. The number of primary sulfonamides is 1. The highest BCUT2D eigenvalue weighted by Gasteiger charge is 2.30. The number of thiazole rings is 1. The van der Waals surface area contributed by atoms with Crippen molar-refractivity contribution >= 4 is 21.4 Å². The molecule has 1 aromatic heterocycles. The van der Waals surface area contributed by atoms with Gasteiger partial charge in [-0.15, -0.1) is 11.3 Å². The van der Waals surface area contributed by atoms with Crippen molar-refractivity contribution in [1.82, 2.24) is 4.98 Å². The molecule has 1 heterocycles. The molecule has 0 bridgehead atoms. The van der Waals surface area contributed by atoms with Crippen LogP contribution in [0.2, 0.25) is 0 Å². The molecule has 0 saturated carbocycles. The molecule has 0 fully saturated rings. The van der Waals surface area contributed by atoms with Crippen LogP contribution in [0.4, 0.5) is 0 Å². The number of ether oxygens (including phenoxy) is 1. The quantitative estimate of drug-likeness (QED) is 0.876. The molecule has 0 unspecified atom stereocenters. The van der Waals surface area contributed by atoms with Gasteiger partial charge in [0.05, 0.1) is 28.5 Å². The lowest BCUT2D eigenvalue weighted by Gasteiger charge is -2.19. The van der Waals surface area contributed by atoms with Gasteiger partial charge in [0.15, 0.2) is 0 Å². The first-order chi connectivity index (χ1) is 7.77. The molecular formula is C10H18N2O3S2. The van der Waals surface area contributed by atoms with Gasteiger partial charge in [0.1, 0.15) is 0 Å². The average Bonchev–Trinajstić information content (AvgIpc) is 2.53. The van der Waals surface area contributed by atoms with Crippen molar-refractivity contribution in [1.29, 1.82) is 0 Å². The van der Waals surface area contributed by atoms with Gasteiger partial charge in [0.25, 0.3) is 0 Å². The van der Waals surface area contributed by atoms with E-state index in [4.69, 9.17) is 9.88 Å². The van der Waals surface area contributed by atoms with Crippen molar-refractivity contribution in [2.45, 2.75) is 31.9 Å². The number of methoxy groups -OCH3 is 1. The molecule has 1 rings (SSSR count). The lowest BCUT2D eigenvalue weighted by molar-refractivity contribution is 0.178. The number of nitrogens with two attached hydrogens (primary N) is 1. The summed E-state index contributed by atoms with van der Waals surface area (Å²) >= 11 is 1.50. The summed E-state index contributed by atoms with van der Waals surface area (Å²) in [6.07, 6.45) is 0. The van der Waals surface area contributed by atoms with Crippen LogP contribution < -0.4 is 5.14 Å². The predicted octanol–water partition coefficient (Wildman–Crippen LogP) is 1.17. The summed E-state index contributed by atoms with van der Waals surface area (Å²) in [5.74, 6) is -0.313. The number of aromatic nitrogens is 1. The lowest BCUT2D eigenvalue weighted by Crippen LogP contribution is -2.33. The highest BCUT2D eigenvalue weighted by molar-refractivity contribution is 7.89. The second-order valence-electron chi connectivity index (χ2n) is 4.05. The molecule has 98 valence electrons. The van der Waals surface area contributed by atoms with E-state index in [2.05, 4.69) is 4.98 Å². The van der Waals surface area contributed by atoms with Gasteiger partial charge in [-0.2, -0.15) is 0 Å². The number of hydrogen-bond acceptors (Lipinski definition) is 5. The van der Waals surface area contributed by atoms with Gasteiger partial charge < -0.3 is 4.74 Å². The first-order valence-electron chi connectivity index (χ1n) is 5.21. The Hall–Kier alpha value is -0.500. The fraction of sp³-hybridized carbons (Fsp3) is 0.700. The summed E-state index contributed by atoms with van der Waals surface area (Å²) < 4.78 is 27.9. The first kappa shape index (κ1) is 14.6. The van der Waals surface area contributed by atoms with Crippen molar-refractivity contribution in [3.8, 4) is 0 Å². The lowest BCUT2D eigenvalue weighted by atomic mass is 10.1. The van der Waals surface area contributed by atoms with E-state index in [0.29, 0.717) is 6.61 Å². The van der Waals surface area contributed by atoms with E-state index in [9.17, 15) is 8.42 Å². The Morgan fingerprint density at radius 2 is 2.06 bits per heavy atom. The van der Waals surface area contributed by atoms with Crippen LogP contribution in [0.25, 0.3) is 0 Å². The fourth-order valence-electron chi connectivity index (χ4n) is 1.47. The van der Waals surface area contributed by atoms with Crippen molar-refractivity contribution in [3.05, 3.63) is 15.6 Å². The summed E-state index contributed by atoms with van der Waals surface area (Å²) in [6.45, 7) is 5.75. The number of sulfonamides is 1. The largest absolute Gasteiger partial charge is 0.384 e. The maximum atomic E-state index is 11.4. The zero-order valence-electron chi connectivity index (χ0n) is 10.4. The highest BCUT2D eigenvalue weighted by atomic mass is 32.2. The Kier molecular flexibility index (Phi) is 4.65. The number of nitrogens with zero attached hydrogens (tertiary/aromatic N) is 1. The summed E-state index contributed by atoms with van der Waals surface area (Å²) in [6, 6.07) is 0. The average molecular weight is 278 g/mol. The normalized spacial score (nSPS) is 15.8. The van der Waals surface area contributed by atoms with Crippen molar-refractivity contribution < 1.29 is 13.2 Å². The van der Waals surface area contributed by atoms with Crippen LogP contribution in [0.1, 0.15) is 28.4 Å². The monoisotopic (exact) mass is 278 g/mol. The van der Waals surface area contributed by atoms with Crippen molar-refractivity contribution in [2.75, 3.05) is 13.7 Å². The van der Waals surface area contributed by atoms with Crippen LogP contribution in [0.3, 0.4) is 0 Å². The van der Waals surface area contributed by atoms with E-state index in [1.54, 1.807) is 6.92 Å². The molecule has 2 atom stereocenters. The molecule has 0 aromatic carbocycles. The third-order valence-electron chi connectivity index (χ3n) is 2.79. The number of aryl methyl sites for hydroxylation is 2. The second-order valence-corrected chi connectivity index (χ2v) is 7.21. The van der Waals surface area contributed by atoms with Crippen LogP contribution in [-0.4, -0.2) is 32.4 Å². The Balaban J connectivity index is 3.09. The Morgan fingerprint density at radius 1 is 1.47 bits per heavy atom. The zero-order valence-corrected chi connectivity index (χ0v) is 12.1. The first-order valence-corrected chi connectivity index (χ1v) is 7.64. The van der Waals surface area contributed by atoms with Gasteiger partial charge in [-0.3, -0.25) is 0 Å². The number of rotatable bonds is 5. The summed E-state index contributed by atoms with van der Waals surface area (Å²) in [7, 11) is -2.05. The smallest absolute Gasteiger partial charge is 0.212 e. The molecule has 0 aliphatic rings. The summed E-state index contributed by atoms with van der Waals surface area (Å²) in [5.41, 5.74) is 0.924. The molecular weight excluding hydrogens is 260 g/mol. The van der Waals surface area contributed by atoms with Gasteiger partial charge in [0, 0.05) is 12.0 Å². The minimum atomic E-state index is -3.59. The van der Waals surface area contributed by atoms with E-state index in [-0.39, 0.29) is 5.92 Å². The third kappa shape index (κ3) is 3.48. The Labute approximate surface area is 106 Å². The SMILES string of the molecule is COC[C@@H](c1nc(C)c(C)s1)[C@@H](C)S(N)(=O)=O. The molecule has 0 radical (unpaired) electrons. The van der Waals surface area contributed by atoms with Crippen LogP contribution in [-0.2, 0) is 14.8 Å². The molecule has 0 amide bonds. The van der Waals surface area contributed by atoms with E-state index < -0.39 is 15.3 Å². The van der Waals surface area contributed by atoms with Crippen molar-refractivity contribution in [3.63, 3.8) is 0 Å². The summed E-state index contributed by atoms with van der Waals surface area (Å²) in [4.78, 5) is 5.47. The highest BCUT2D eigenvalue weighted by Crippen LogP contribution is 2.29. The van der Waals surface area contributed by atoms with Crippen LogP contribution in [0, 0.1) is 13.8 Å². The molecule has 17 heavy (non-hydrogen) atoms. The van der Waals surface area contributed by atoms with E-state index in [0.717, 1.165) is 15.6 Å². The molecule has 5 nitrogen and oxygen atoms in total. The van der Waals surface area contributed by atoms with Gasteiger partial charge in [-0.25, -0.2) is 18.5 Å². The minimum Gasteiger partial charge on any atom is -0.384 e. The number of hydrogen-bond donors (Lipinski definition) is 1. The molecule has 0 aliphatic carbocycles. The third-order valence-corrected chi connectivity index (χ3v) is 5.36. The fourth-order valence-corrected chi connectivity index (χ4v) is 3.34. The molecule has 0 spiro atoms. The van der Waals surface area contributed by atoms with E-state index in [1.807, 2.05) is 13.8 Å². The maximum Gasteiger partial charge on any atom is 0.212 e. The molecule has 7 heteroatoms. The molecule has 1 aromatic rings. The maximum absolute atomic E-state index is 11.4. The molecule has 0 aliphatic heterocycles. The summed E-state index contributed by atoms with van der Waals surface area (Å²) in [5, 5.41) is 5.25. The van der Waals surface area contributed by atoms with Crippen LogP contribution in [0.5, 0.6) is 0 Å². The van der Waals surface area contributed by atoms with Gasteiger partial charge >= 0.3 is 0 Å². The Morgan fingerprint density at radius 3 is 2.41 bits per heavy atom. The van der Waals surface area contributed by atoms with Gasteiger partial charge in [0.2, 0.25) is 10.0 Å². The Bertz CT molecular complexity index is 462. The second kappa shape index (κ2) is 5.43. The van der Waals surface area contributed by atoms with E-state index >= 15 is 0 Å². The van der Waals surface area contributed by atoms with E-state index in [1.165, 1.54) is 18.4 Å². The minimum absolute atomic E-state index is 0.296.